The first-order chi connectivity index (χ1) is 16.3. The number of aromatic nitrogens is 2. The maximum absolute atomic E-state index is 13.8. The summed E-state index contributed by atoms with van der Waals surface area (Å²) in [5.74, 6) is 1.64. The molecule has 0 aromatic carbocycles. The third kappa shape index (κ3) is 4.31. The van der Waals surface area contributed by atoms with Crippen molar-refractivity contribution in [3.8, 4) is 0 Å². The van der Waals surface area contributed by atoms with E-state index in [0.717, 1.165) is 50.8 Å². The smallest absolute Gasteiger partial charge is 0.267 e. The minimum absolute atomic E-state index is 0.0676. The molecule has 2 aromatic rings. The number of thiocarbonyl (C=S) groups is 1. The highest BCUT2D eigenvalue weighted by molar-refractivity contribution is 8.26. The third-order valence-electron chi connectivity index (χ3n) is 7.27. The van der Waals surface area contributed by atoms with Gasteiger partial charge in [-0.1, -0.05) is 63.2 Å². The highest BCUT2D eigenvalue weighted by atomic mass is 32.2. The van der Waals surface area contributed by atoms with E-state index >= 15 is 0 Å². The molecule has 34 heavy (non-hydrogen) atoms. The molecular weight excluding hydrogens is 464 g/mol. The van der Waals surface area contributed by atoms with Crippen molar-refractivity contribution in [2.24, 2.45) is 11.8 Å². The average Bonchev–Trinajstić information content (AvgIpc) is 3.08. The fourth-order valence-corrected chi connectivity index (χ4v) is 7.15. The number of hydrogen-bond acceptors (Lipinski definition) is 6. The molecule has 2 aliphatic heterocycles. The number of aryl methyl sites for hydroxylation is 1. The Labute approximate surface area is 210 Å². The first kappa shape index (κ1) is 23.5. The van der Waals surface area contributed by atoms with Crippen LogP contribution in [0.25, 0.3) is 11.7 Å². The number of pyridine rings is 1. The normalized spacial score (nSPS) is 25.7. The molecule has 8 heteroatoms. The van der Waals surface area contributed by atoms with Crippen LogP contribution in [0.1, 0.15) is 63.5 Å². The van der Waals surface area contributed by atoms with Crippen molar-refractivity contribution in [3.05, 3.63) is 44.7 Å². The van der Waals surface area contributed by atoms with Crippen LogP contribution >= 0.6 is 24.0 Å². The summed E-state index contributed by atoms with van der Waals surface area (Å²) in [5, 5.41) is 0. The van der Waals surface area contributed by atoms with E-state index in [1.165, 1.54) is 18.2 Å². The van der Waals surface area contributed by atoms with Crippen LogP contribution in [0.15, 0.2) is 28.0 Å². The van der Waals surface area contributed by atoms with Gasteiger partial charge in [0, 0.05) is 25.3 Å². The summed E-state index contributed by atoms with van der Waals surface area (Å²) in [5.41, 5.74) is 1.96. The van der Waals surface area contributed by atoms with E-state index in [9.17, 15) is 9.59 Å². The molecule has 2 atom stereocenters. The molecule has 1 aliphatic carbocycles. The van der Waals surface area contributed by atoms with Gasteiger partial charge in [-0.05, 0) is 55.7 Å². The lowest BCUT2D eigenvalue weighted by Crippen LogP contribution is -2.41. The quantitative estimate of drug-likeness (QED) is 0.439. The zero-order valence-electron chi connectivity index (χ0n) is 20.1. The predicted molar refractivity (Wildman–Crippen MR) is 143 cm³/mol. The lowest BCUT2D eigenvalue weighted by molar-refractivity contribution is -0.124. The second-order valence-electron chi connectivity index (χ2n) is 10.2. The summed E-state index contributed by atoms with van der Waals surface area (Å²) in [6.45, 7) is 8.17. The van der Waals surface area contributed by atoms with Gasteiger partial charge < -0.3 is 4.90 Å². The lowest BCUT2D eigenvalue weighted by Gasteiger charge is -2.36. The zero-order valence-corrected chi connectivity index (χ0v) is 21.8. The lowest BCUT2D eigenvalue weighted by atomic mass is 9.91. The molecule has 2 saturated heterocycles. The van der Waals surface area contributed by atoms with Crippen molar-refractivity contribution in [2.45, 2.75) is 65.3 Å². The number of piperidine rings is 1. The molecule has 1 amide bonds. The second kappa shape index (κ2) is 9.46. The van der Waals surface area contributed by atoms with Gasteiger partial charge in [0.25, 0.3) is 11.5 Å². The van der Waals surface area contributed by atoms with Gasteiger partial charge in [-0.3, -0.25) is 18.9 Å². The van der Waals surface area contributed by atoms with Crippen molar-refractivity contribution < 1.29 is 4.79 Å². The monoisotopic (exact) mass is 496 g/mol. The molecule has 0 bridgehead atoms. The van der Waals surface area contributed by atoms with Crippen LogP contribution in [0.4, 0.5) is 5.82 Å². The highest BCUT2D eigenvalue weighted by Crippen LogP contribution is 2.38. The van der Waals surface area contributed by atoms with Gasteiger partial charge in [0.05, 0.1) is 10.5 Å². The van der Waals surface area contributed by atoms with E-state index in [4.69, 9.17) is 17.2 Å². The van der Waals surface area contributed by atoms with E-state index in [1.54, 1.807) is 21.6 Å². The molecule has 2 aromatic heterocycles. The van der Waals surface area contributed by atoms with Crippen molar-refractivity contribution >= 4 is 51.7 Å². The summed E-state index contributed by atoms with van der Waals surface area (Å²) in [6, 6.07) is 4.01. The Hall–Kier alpha value is -2.19. The van der Waals surface area contributed by atoms with Crippen LogP contribution in [0.2, 0.25) is 0 Å². The fourth-order valence-electron chi connectivity index (χ4n) is 5.77. The molecule has 1 saturated carbocycles. The number of carbonyl (C=O) groups excluding carboxylic acids is 1. The van der Waals surface area contributed by atoms with Crippen molar-refractivity contribution in [2.75, 3.05) is 18.0 Å². The number of fused-ring (bicyclic) bond motifs is 1. The number of anilines is 1. The van der Waals surface area contributed by atoms with Crippen LogP contribution < -0.4 is 10.5 Å². The first-order valence-electron chi connectivity index (χ1n) is 12.4. The Balaban J connectivity index is 1.62. The third-order valence-corrected chi connectivity index (χ3v) is 8.60. The van der Waals surface area contributed by atoms with Crippen LogP contribution in [-0.4, -0.2) is 43.6 Å². The summed E-state index contributed by atoms with van der Waals surface area (Å²) >= 11 is 6.94. The Morgan fingerprint density at radius 1 is 1.12 bits per heavy atom. The number of rotatable bonds is 3. The predicted octanol–water partition coefficient (Wildman–Crippen LogP) is 5.02. The molecular formula is C26H32N4O2S2. The molecule has 0 N–H and O–H groups in total. The maximum Gasteiger partial charge on any atom is 0.267 e. The van der Waals surface area contributed by atoms with Crippen LogP contribution in [0.3, 0.4) is 0 Å². The van der Waals surface area contributed by atoms with E-state index in [2.05, 4.69) is 18.7 Å². The molecule has 6 nitrogen and oxygen atoms in total. The summed E-state index contributed by atoms with van der Waals surface area (Å²) in [6.07, 6.45) is 10.1. The van der Waals surface area contributed by atoms with Crippen LogP contribution in [0.5, 0.6) is 0 Å². The van der Waals surface area contributed by atoms with Gasteiger partial charge in [0.1, 0.15) is 15.8 Å². The Kier molecular flexibility index (Phi) is 6.55. The molecule has 180 valence electrons. The second-order valence-corrected chi connectivity index (χ2v) is 11.9. The largest absolute Gasteiger partial charge is 0.355 e. The van der Waals surface area contributed by atoms with Gasteiger partial charge in [-0.25, -0.2) is 4.98 Å². The average molecular weight is 497 g/mol. The summed E-state index contributed by atoms with van der Waals surface area (Å²) in [7, 11) is 0. The molecule has 0 spiro atoms. The Morgan fingerprint density at radius 3 is 2.53 bits per heavy atom. The number of carbonyl (C=O) groups is 1. The number of amides is 1. The van der Waals surface area contributed by atoms with Crippen LogP contribution in [-0.2, 0) is 4.79 Å². The van der Waals surface area contributed by atoms with Gasteiger partial charge in [-0.15, -0.1) is 0 Å². The van der Waals surface area contributed by atoms with Crippen molar-refractivity contribution in [1.29, 1.82) is 0 Å². The Morgan fingerprint density at radius 2 is 1.82 bits per heavy atom. The van der Waals surface area contributed by atoms with Gasteiger partial charge in [-0.2, -0.15) is 0 Å². The molecule has 5 rings (SSSR count). The van der Waals surface area contributed by atoms with E-state index < -0.39 is 0 Å². The Bertz CT molecular complexity index is 1220. The maximum atomic E-state index is 13.8. The van der Waals surface area contributed by atoms with Crippen molar-refractivity contribution in [1.82, 2.24) is 14.3 Å². The van der Waals surface area contributed by atoms with Gasteiger partial charge >= 0.3 is 0 Å². The molecule has 0 unspecified atom stereocenters. The molecule has 3 fully saturated rings. The summed E-state index contributed by atoms with van der Waals surface area (Å²) < 4.78 is 2.21. The van der Waals surface area contributed by atoms with Crippen molar-refractivity contribution in [3.63, 3.8) is 0 Å². The van der Waals surface area contributed by atoms with E-state index in [-0.39, 0.29) is 17.5 Å². The SMILES string of the molecule is Cc1cccn2c(=O)c(/C=C3\SC(=S)N(C4CCCCC4)C3=O)c(N3C[C@H](C)C[C@H](C)C3)nc12. The fraction of sp³-hybridized carbons (Fsp3) is 0.538. The first-order valence-corrected chi connectivity index (χ1v) is 13.6. The van der Waals surface area contributed by atoms with Gasteiger partial charge in [0.2, 0.25) is 0 Å². The molecule has 0 radical (unpaired) electrons. The zero-order chi connectivity index (χ0) is 24.0. The number of hydrogen-bond donors (Lipinski definition) is 0. The molecule has 4 heterocycles. The topological polar surface area (TPSA) is 57.9 Å². The molecule has 3 aliphatic rings. The number of thioether (sulfide) groups is 1. The standard InChI is InChI=1S/C26H32N4O2S2/c1-16-12-17(2)15-28(14-16)23-20(24(31)29-11-7-8-18(3)22(29)27-23)13-21-25(32)30(26(33)34-21)19-9-5-4-6-10-19/h7-8,11,13,16-17,19H,4-6,9-10,12,14-15H2,1-3H3/b21-13-/t16-,17+. The number of nitrogens with zero attached hydrogens (tertiary/aromatic N) is 4. The van der Waals surface area contributed by atoms with E-state index in [0.29, 0.717) is 38.1 Å². The summed E-state index contributed by atoms with van der Waals surface area (Å²) in [4.78, 5) is 36.8. The van der Waals surface area contributed by atoms with E-state index in [1.807, 2.05) is 19.1 Å². The minimum atomic E-state index is -0.141. The van der Waals surface area contributed by atoms with Crippen LogP contribution in [0, 0.1) is 18.8 Å². The highest BCUT2D eigenvalue weighted by Gasteiger charge is 2.38. The minimum Gasteiger partial charge on any atom is -0.355 e. The van der Waals surface area contributed by atoms with Gasteiger partial charge in [0.15, 0.2) is 0 Å².